The average molecular weight is 240 g/mol. The van der Waals surface area contributed by atoms with Crippen LogP contribution in [0.5, 0.6) is 0 Å². The Balaban J connectivity index is 3.49. The smallest absolute Gasteiger partial charge is 0.309 e. The first-order valence-electron chi connectivity index (χ1n) is 4.99. The zero-order valence-corrected chi connectivity index (χ0v) is 13.8. The molecule has 6 heteroatoms. The van der Waals surface area contributed by atoms with Crippen molar-refractivity contribution in [1.29, 1.82) is 0 Å². The van der Waals surface area contributed by atoms with Crippen molar-refractivity contribution in [3.8, 4) is 0 Å². The van der Waals surface area contributed by atoms with E-state index in [4.69, 9.17) is 9.05 Å². The molecule has 0 radical (unpaired) electrons. The van der Waals surface area contributed by atoms with Crippen molar-refractivity contribution in [2.75, 3.05) is 19.9 Å². The zero-order chi connectivity index (χ0) is 10.2. The van der Waals surface area contributed by atoms with Gasteiger partial charge in [0, 0.05) is 27.1 Å². The highest BCUT2D eigenvalue weighted by atomic mass is 31.2. The van der Waals surface area contributed by atoms with Gasteiger partial charge in [-0.2, -0.15) is 0 Å². The van der Waals surface area contributed by atoms with E-state index in [1.54, 1.807) is 6.66 Å². The van der Waals surface area contributed by atoms with Gasteiger partial charge >= 0.3 is 7.60 Å². The fourth-order valence-electron chi connectivity index (χ4n) is 0.787. The minimum atomic E-state index is -2.72. The Kier molecular flexibility index (Phi) is 8.30. The monoisotopic (exact) mass is 240 g/mol. The summed E-state index contributed by atoms with van der Waals surface area (Å²) in [7, 11) is -0.346. The van der Waals surface area contributed by atoms with E-state index in [2.05, 4.69) is 0 Å². The summed E-state index contributed by atoms with van der Waals surface area (Å²) in [5.74, 6) is 0. The zero-order valence-electron chi connectivity index (χ0n) is 8.91. The summed E-state index contributed by atoms with van der Waals surface area (Å²) >= 11 is 0. The standard InChI is InChI=1S/C7H21O3PSi2/c1-11(8,9-4-2-6-12)10-5-3-7-13/h2-7H2,1,12-13H3. The van der Waals surface area contributed by atoms with E-state index >= 15 is 0 Å². The van der Waals surface area contributed by atoms with Gasteiger partial charge in [-0.05, 0) is 12.8 Å². The van der Waals surface area contributed by atoms with Gasteiger partial charge in [-0.1, -0.05) is 12.1 Å². The van der Waals surface area contributed by atoms with Crippen molar-refractivity contribution < 1.29 is 13.6 Å². The third-order valence-electron chi connectivity index (χ3n) is 1.65. The molecule has 0 rings (SSSR count). The van der Waals surface area contributed by atoms with Crippen molar-refractivity contribution in [3.05, 3.63) is 0 Å². The van der Waals surface area contributed by atoms with Gasteiger partial charge in [-0.25, -0.2) is 0 Å². The maximum Gasteiger partial charge on any atom is 0.327 e. The summed E-state index contributed by atoms with van der Waals surface area (Å²) in [6, 6.07) is 2.39. The highest BCUT2D eigenvalue weighted by molar-refractivity contribution is 7.52. The van der Waals surface area contributed by atoms with E-state index in [1.165, 1.54) is 32.6 Å². The van der Waals surface area contributed by atoms with Crippen LogP contribution in [0.4, 0.5) is 0 Å². The Bertz CT molecular complexity index is 152. The molecule has 0 bridgehead atoms. The number of hydrogen-bond donors (Lipinski definition) is 0. The summed E-state index contributed by atoms with van der Waals surface area (Å²) in [6.45, 7) is 2.73. The number of hydrogen-bond acceptors (Lipinski definition) is 3. The molecule has 0 aliphatic carbocycles. The van der Waals surface area contributed by atoms with Crippen LogP contribution >= 0.6 is 7.60 Å². The predicted molar refractivity (Wildman–Crippen MR) is 64.2 cm³/mol. The normalized spacial score (nSPS) is 16.1. The van der Waals surface area contributed by atoms with E-state index in [0.29, 0.717) is 13.2 Å². The van der Waals surface area contributed by atoms with Gasteiger partial charge in [0.25, 0.3) is 0 Å². The first-order chi connectivity index (χ1) is 6.12. The van der Waals surface area contributed by atoms with E-state index in [9.17, 15) is 4.57 Å². The molecule has 0 heterocycles. The highest BCUT2D eigenvalue weighted by Gasteiger charge is 2.15. The van der Waals surface area contributed by atoms with Gasteiger partial charge in [0.2, 0.25) is 0 Å². The Morgan fingerprint density at radius 3 is 1.77 bits per heavy atom. The van der Waals surface area contributed by atoms with Gasteiger partial charge < -0.3 is 9.05 Å². The van der Waals surface area contributed by atoms with Crippen LogP contribution in [0.25, 0.3) is 0 Å². The second-order valence-electron chi connectivity index (χ2n) is 3.14. The van der Waals surface area contributed by atoms with Gasteiger partial charge in [-0.15, -0.1) is 0 Å². The van der Waals surface area contributed by atoms with Gasteiger partial charge in [0.1, 0.15) is 0 Å². The summed E-state index contributed by atoms with van der Waals surface area (Å²) < 4.78 is 21.9. The van der Waals surface area contributed by atoms with E-state index in [-0.39, 0.29) is 0 Å². The lowest BCUT2D eigenvalue weighted by molar-refractivity contribution is 0.209. The van der Waals surface area contributed by atoms with Crippen LogP contribution in [0, 0.1) is 0 Å². The molecule has 3 nitrogen and oxygen atoms in total. The molecule has 0 saturated heterocycles. The fraction of sp³-hybridized carbons (Fsp3) is 1.00. The topological polar surface area (TPSA) is 35.5 Å². The molecule has 0 aromatic carbocycles. The van der Waals surface area contributed by atoms with Crippen molar-refractivity contribution in [2.45, 2.75) is 24.9 Å². The first-order valence-corrected chi connectivity index (χ1v) is 9.80. The highest BCUT2D eigenvalue weighted by Crippen LogP contribution is 2.43. The lowest BCUT2D eigenvalue weighted by Crippen LogP contribution is -1.98. The van der Waals surface area contributed by atoms with Crippen LogP contribution in [0.1, 0.15) is 12.8 Å². The minimum absolute atomic E-state index is 0.582. The molecule has 0 fully saturated rings. The molecule has 13 heavy (non-hydrogen) atoms. The van der Waals surface area contributed by atoms with Crippen LogP contribution in [0.15, 0.2) is 0 Å². The van der Waals surface area contributed by atoms with E-state index in [0.717, 1.165) is 12.8 Å². The maximum atomic E-state index is 11.5. The molecule has 0 aromatic rings. The fourth-order valence-corrected chi connectivity index (χ4v) is 2.36. The molecule has 0 aliphatic heterocycles. The van der Waals surface area contributed by atoms with E-state index < -0.39 is 7.60 Å². The van der Waals surface area contributed by atoms with Crippen LogP contribution in [0.3, 0.4) is 0 Å². The summed E-state index contributed by atoms with van der Waals surface area (Å²) in [5, 5.41) is 0. The van der Waals surface area contributed by atoms with E-state index in [1.807, 2.05) is 0 Å². The molecule has 0 aliphatic rings. The molecular weight excluding hydrogens is 219 g/mol. The van der Waals surface area contributed by atoms with Gasteiger partial charge in [0.05, 0.1) is 13.2 Å². The summed E-state index contributed by atoms with van der Waals surface area (Å²) in [5.41, 5.74) is 0. The molecule has 0 unspecified atom stereocenters. The summed E-state index contributed by atoms with van der Waals surface area (Å²) in [4.78, 5) is 0. The molecular formula is C7H21O3PSi2. The molecule has 0 saturated carbocycles. The van der Waals surface area contributed by atoms with Crippen LogP contribution < -0.4 is 0 Å². The second kappa shape index (κ2) is 7.94. The van der Waals surface area contributed by atoms with Crippen LogP contribution in [0.2, 0.25) is 12.1 Å². The predicted octanol–water partition coefficient (Wildman–Crippen LogP) is 0.190. The molecule has 0 N–H and O–H groups in total. The van der Waals surface area contributed by atoms with Crippen molar-refractivity contribution in [3.63, 3.8) is 0 Å². The van der Waals surface area contributed by atoms with Crippen molar-refractivity contribution in [1.82, 2.24) is 0 Å². The van der Waals surface area contributed by atoms with Crippen LogP contribution in [-0.2, 0) is 13.6 Å². The van der Waals surface area contributed by atoms with Gasteiger partial charge in [0.15, 0.2) is 0 Å². The van der Waals surface area contributed by atoms with Gasteiger partial charge in [-0.3, -0.25) is 4.57 Å². The third kappa shape index (κ3) is 8.90. The maximum absolute atomic E-state index is 11.5. The largest absolute Gasteiger partial charge is 0.327 e. The Hall–Kier alpha value is 0.584. The quantitative estimate of drug-likeness (QED) is 0.345. The summed E-state index contributed by atoms with van der Waals surface area (Å²) in [6.07, 6.45) is 2.02. The number of rotatable bonds is 8. The average Bonchev–Trinajstić information content (AvgIpc) is 2.05. The molecule has 0 aromatic heterocycles. The third-order valence-corrected chi connectivity index (χ3v) is 4.36. The first kappa shape index (κ1) is 13.6. The SMILES string of the molecule is CP(=O)(OCCC[SiH3])OCCC[SiH3]. The van der Waals surface area contributed by atoms with Crippen LogP contribution in [-0.4, -0.2) is 40.4 Å². The second-order valence-corrected chi connectivity index (χ2v) is 7.20. The minimum Gasteiger partial charge on any atom is -0.309 e. The lowest BCUT2D eigenvalue weighted by Gasteiger charge is -2.13. The molecule has 80 valence electrons. The van der Waals surface area contributed by atoms with Crippen molar-refractivity contribution in [2.24, 2.45) is 0 Å². The molecule has 0 amide bonds. The Labute approximate surface area is 87.0 Å². The van der Waals surface area contributed by atoms with Crippen molar-refractivity contribution >= 4 is 28.1 Å². The Morgan fingerprint density at radius 2 is 1.46 bits per heavy atom. The molecule has 0 atom stereocenters. The lowest BCUT2D eigenvalue weighted by atomic mass is 10.5. The molecule has 0 spiro atoms. The Morgan fingerprint density at radius 1 is 1.08 bits per heavy atom.